The van der Waals surface area contributed by atoms with Gasteiger partial charge < -0.3 is 10.2 Å². The van der Waals surface area contributed by atoms with Gasteiger partial charge in [0.25, 0.3) is 0 Å². The Kier molecular flexibility index (Phi) is 6.06. The van der Waals surface area contributed by atoms with Gasteiger partial charge in [0.2, 0.25) is 0 Å². The maximum Gasteiger partial charge on any atom is 0.0334 e. The van der Waals surface area contributed by atoms with Gasteiger partial charge in [-0.15, -0.1) is 0 Å². The molecule has 0 amide bonds. The molecule has 1 atom stereocenters. The van der Waals surface area contributed by atoms with Gasteiger partial charge >= 0.3 is 0 Å². The Morgan fingerprint density at radius 2 is 1.95 bits per heavy atom. The summed E-state index contributed by atoms with van der Waals surface area (Å²) in [6.07, 6.45) is 5.31. The SMILES string of the molecule is CCCN(CCC(NCC)c1ccccc1C)C1CC1. The van der Waals surface area contributed by atoms with Gasteiger partial charge in [-0.3, -0.25) is 0 Å². The van der Waals surface area contributed by atoms with Crippen molar-refractivity contribution in [2.75, 3.05) is 19.6 Å². The molecule has 1 aliphatic carbocycles. The summed E-state index contributed by atoms with van der Waals surface area (Å²) in [6.45, 7) is 10.2. The third kappa shape index (κ3) is 4.32. The van der Waals surface area contributed by atoms with Crippen molar-refractivity contribution in [1.29, 1.82) is 0 Å². The fraction of sp³-hybridized carbons (Fsp3) is 0.667. The van der Waals surface area contributed by atoms with Gasteiger partial charge in [-0.1, -0.05) is 38.1 Å². The Bertz CT molecular complexity index is 398. The highest BCUT2D eigenvalue weighted by Gasteiger charge is 2.28. The minimum Gasteiger partial charge on any atom is -0.310 e. The van der Waals surface area contributed by atoms with Crippen LogP contribution >= 0.6 is 0 Å². The number of benzene rings is 1. The number of rotatable bonds is 9. The van der Waals surface area contributed by atoms with Crippen LogP contribution in [0.2, 0.25) is 0 Å². The smallest absolute Gasteiger partial charge is 0.0334 e. The molecule has 1 N–H and O–H groups in total. The highest BCUT2D eigenvalue weighted by molar-refractivity contribution is 5.28. The minimum absolute atomic E-state index is 0.499. The Balaban J connectivity index is 1.96. The Hall–Kier alpha value is -0.860. The van der Waals surface area contributed by atoms with Crippen LogP contribution in [0.3, 0.4) is 0 Å². The molecule has 1 aromatic rings. The maximum atomic E-state index is 3.67. The normalized spacial score (nSPS) is 16.6. The summed E-state index contributed by atoms with van der Waals surface area (Å²) < 4.78 is 0. The molecule has 0 aliphatic heterocycles. The van der Waals surface area contributed by atoms with Crippen LogP contribution in [0.5, 0.6) is 0 Å². The zero-order chi connectivity index (χ0) is 14.4. The van der Waals surface area contributed by atoms with Crippen LogP contribution in [0, 0.1) is 6.92 Å². The van der Waals surface area contributed by atoms with Crippen molar-refractivity contribution in [3.05, 3.63) is 35.4 Å². The van der Waals surface area contributed by atoms with E-state index in [1.165, 1.54) is 49.9 Å². The van der Waals surface area contributed by atoms with Gasteiger partial charge in [0.1, 0.15) is 0 Å². The summed E-state index contributed by atoms with van der Waals surface area (Å²) >= 11 is 0. The standard InChI is InChI=1S/C18H30N2/c1-4-13-20(16-10-11-16)14-12-18(19-5-2)17-9-7-6-8-15(17)3/h6-9,16,18-19H,4-5,10-14H2,1-3H3. The Morgan fingerprint density at radius 3 is 2.55 bits per heavy atom. The first kappa shape index (κ1) is 15.5. The van der Waals surface area contributed by atoms with E-state index in [0.29, 0.717) is 6.04 Å². The maximum absolute atomic E-state index is 3.67. The summed E-state index contributed by atoms with van der Waals surface area (Å²) in [6, 6.07) is 10.2. The molecule has 2 rings (SSSR count). The molecular weight excluding hydrogens is 244 g/mol. The van der Waals surface area contributed by atoms with Crippen molar-refractivity contribution in [1.82, 2.24) is 10.2 Å². The summed E-state index contributed by atoms with van der Waals surface area (Å²) in [5, 5.41) is 3.67. The number of hydrogen-bond acceptors (Lipinski definition) is 2. The quantitative estimate of drug-likeness (QED) is 0.734. The summed E-state index contributed by atoms with van der Waals surface area (Å²) in [4.78, 5) is 2.70. The van der Waals surface area contributed by atoms with Crippen molar-refractivity contribution in [3.63, 3.8) is 0 Å². The summed E-state index contributed by atoms with van der Waals surface area (Å²) in [5.41, 5.74) is 2.88. The van der Waals surface area contributed by atoms with E-state index in [1.54, 1.807) is 0 Å². The first-order valence-corrected chi connectivity index (χ1v) is 8.29. The van der Waals surface area contributed by atoms with Gasteiger partial charge in [0.15, 0.2) is 0 Å². The van der Waals surface area contributed by atoms with Crippen molar-refractivity contribution >= 4 is 0 Å². The molecule has 0 radical (unpaired) electrons. The van der Waals surface area contributed by atoms with Crippen LogP contribution in [0.25, 0.3) is 0 Å². The molecule has 1 unspecified atom stereocenters. The van der Waals surface area contributed by atoms with Crippen LogP contribution in [-0.4, -0.2) is 30.6 Å². The minimum atomic E-state index is 0.499. The average molecular weight is 274 g/mol. The number of nitrogens with zero attached hydrogens (tertiary/aromatic N) is 1. The van der Waals surface area contributed by atoms with E-state index in [0.717, 1.165) is 12.6 Å². The Morgan fingerprint density at radius 1 is 1.20 bits per heavy atom. The van der Waals surface area contributed by atoms with E-state index >= 15 is 0 Å². The zero-order valence-electron chi connectivity index (χ0n) is 13.4. The van der Waals surface area contributed by atoms with E-state index in [1.807, 2.05) is 0 Å². The third-order valence-corrected chi connectivity index (χ3v) is 4.29. The molecule has 1 fully saturated rings. The van der Waals surface area contributed by atoms with Crippen molar-refractivity contribution in [3.8, 4) is 0 Å². The second-order valence-electron chi connectivity index (χ2n) is 6.02. The largest absolute Gasteiger partial charge is 0.310 e. The molecule has 1 aliphatic rings. The van der Waals surface area contributed by atoms with Gasteiger partial charge in [0, 0.05) is 18.6 Å². The highest BCUT2D eigenvalue weighted by Crippen LogP contribution is 2.28. The topological polar surface area (TPSA) is 15.3 Å². The summed E-state index contributed by atoms with van der Waals surface area (Å²) in [7, 11) is 0. The van der Waals surface area contributed by atoms with E-state index in [2.05, 4.69) is 55.3 Å². The van der Waals surface area contributed by atoms with Gasteiger partial charge in [-0.05, 0) is 56.8 Å². The van der Waals surface area contributed by atoms with Crippen LogP contribution in [0.4, 0.5) is 0 Å². The van der Waals surface area contributed by atoms with Gasteiger partial charge in [-0.2, -0.15) is 0 Å². The third-order valence-electron chi connectivity index (χ3n) is 4.29. The predicted molar refractivity (Wildman–Crippen MR) is 87.1 cm³/mol. The van der Waals surface area contributed by atoms with Gasteiger partial charge in [-0.25, -0.2) is 0 Å². The fourth-order valence-corrected chi connectivity index (χ4v) is 3.09. The number of hydrogen-bond donors (Lipinski definition) is 1. The molecule has 0 bridgehead atoms. The van der Waals surface area contributed by atoms with Crippen molar-refractivity contribution in [2.24, 2.45) is 0 Å². The molecule has 112 valence electrons. The van der Waals surface area contributed by atoms with Crippen LogP contribution in [-0.2, 0) is 0 Å². The lowest BCUT2D eigenvalue weighted by molar-refractivity contribution is 0.247. The van der Waals surface area contributed by atoms with Gasteiger partial charge in [0.05, 0.1) is 0 Å². The van der Waals surface area contributed by atoms with Crippen molar-refractivity contribution in [2.45, 2.75) is 58.5 Å². The molecule has 20 heavy (non-hydrogen) atoms. The fourth-order valence-electron chi connectivity index (χ4n) is 3.09. The van der Waals surface area contributed by atoms with E-state index in [-0.39, 0.29) is 0 Å². The molecular formula is C18H30N2. The Labute approximate surface area is 124 Å². The molecule has 2 heteroatoms. The lowest BCUT2D eigenvalue weighted by Gasteiger charge is -2.26. The predicted octanol–water partition coefficient (Wildman–Crippen LogP) is 3.91. The second kappa shape index (κ2) is 7.80. The molecule has 1 saturated carbocycles. The van der Waals surface area contributed by atoms with E-state index in [9.17, 15) is 0 Å². The number of aryl methyl sites for hydroxylation is 1. The number of nitrogens with one attached hydrogen (secondary N) is 1. The summed E-state index contributed by atoms with van der Waals surface area (Å²) in [5.74, 6) is 0. The average Bonchev–Trinajstić information content (AvgIpc) is 3.27. The monoisotopic (exact) mass is 274 g/mol. The first-order valence-electron chi connectivity index (χ1n) is 8.29. The molecule has 2 nitrogen and oxygen atoms in total. The lowest BCUT2D eigenvalue weighted by Crippen LogP contribution is -2.32. The lowest BCUT2D eigenvalue weighted by atomic mass is 9.98. The molecule has 0 aromatic heterocycles. The zero-order valence-corrected chi connectivity index (χ0v) is 13.4. The molecule has 0 saturated heterocycles. The van der Waals surface area contributed by atoms with Crippen LogP contribution in [0.15, 0.2) is 24.3 Å². The molecule has 0 spiro atoms. The van der Waals surface area contributed by atoms with E-state index in [4.69, 9.17) is 0 Å². The molecule has 1 aromatic carbocycles. The van der Waals surface area contributed by atoms with Crippen LogP contribution < -0.4 is 5.32 Å². The van der Waals surface area contributed by atoms with E-state index < -0.39 is 0 Å². The van der Waals surface area contributed by atoms with Crippen molar-refractivity contribution < 1.29 is 0 Å². The highest BCUT2D eigenvalue weighted by atomic mass is 15.2. The first-order chi connectivity index (χ1) is 9.76. The molecule has 0 heterocycles. The van der Waals surface area contributed by atoms with Crippen LogP contribution in [0.1, 0.15) is 56.7 Å². The second-order valence-corrected chi connectivity index (χ2v) is 6.02.